The van der Waals surface area contributed by atoms with Gasteiger partial charge in [-0.2, -0.15) is 5.10 Å². The van der Waals surface area contributed by atoms with Crippen molar-refractivity contribution < 1.29 is 4.79 Å². The van der Waals surface area contributed by atoms with Gasteiger partial charge in [0.25, 0.3) is 5.56 Å². The molecule has 1 aromatic carbocycles. The Morgan fingerprint density at radius 1 is 1.27 bits per heavy atom. The van der Waals surface area contributed by atoms with E-state index in [2.05, 4.69) is 34.1 Å². The van der Waals surface area contributed by atoms with Gasteiger partial charge in [-0.15, -0.1) is 0 Å². The molecule has 3 rings (SSSR count). The Balaban J connectivity index is 1.76. The molecule has 7 heteroatoms. The van der Waals surface area contributed by atoms with Crippen LogP contribution in [0.3, 0.4) is 0 Å². The SMILES string of the molecule is CCN(CC)CCNC(=O)Cn1ncc2c([nH]c3ccc(C)cc32)c1=O. The highest BCUT2D eigenvalue weighted by molar-refractivity contribution is 6.06. The monoisotopic (exact) mass is 355 g/mol. The van der Waals surface area contributed by atoms with Crippen molar-refractivity contribution in [2.24, 2.45) is 0 Å². The molecule has 138 valence electrons. The summed E-state index contributed by atoms with van der Waals surface area (Å²) in [5.41, 5.74) is 2.22. The van der Waals surface area contributed by atoms with E-state index in [0.29, 0.717) is 12.1 Å². The van der Waals surface area contributed by atoms with Gasteiger partial charge in [0.05, 0.1) is 6.20 Å². The first kappa shape index (κ1) is 18.1. The Bertz CT molecular complexity index is 985. The molecule has 0 atom stereocenters. The summed E-state index contributed by atoms with van der Waals surface area (Å²) in [7, 11) is 0. The number of hydrogen-bond acceptors (Lipinski definition) is 4. The third-order valence-corrected chi connectivity index (χ3v) is 4.71. The van der Waals surface area contributed by atoms with Gasteiger partial charge in [0.15, 0.2) is 0 Å². The van der Waals surface area contributed by atoms with Crippen LogP contribution in [0.25, 0.3) is 21.8 Å². The zero-order valence-electron chi connectivity index (χ0n) is 15.5. The highest BCUT2D eigenvalue weighted by atomic mass is 16.2. The maximum absolute atomic E-state index is 12.7. The molecule has 3 aromatic rings. The van der Waals surface area contributed by atoms with Crippen LogP contribution in [0.2, 0.25) is 0 Å². The standard InChI is InChI=1S/C19H25N5O2/c1-4-23(5-2)9-8-20-17(25)12-24-19(26)18-15(11-21-24)14-10-13(3)6-7-16(14)22-18/h6-7,10-11,22H,4-5,8-9,12H2,1-3H3,(H,20,25). The number of nitrogens with zero attached hydrogens (tertiary/aromatic N) is 3. The Labute approximate surface area is 152 Å². The number of aryl methyl sites for hydroxylation is 1. The summed E-state index contributed by atoms with van der Waals surface area (Å²) in [6.45, 7) is 9.35. The largest absolute Gasteiger partial charge is 0.353 e. The number of carbonyl (C=O) groups is 1. The number of nitrogens with one attached hydrogen (secondary N) is 2. The molecule has 2 aromatic heterocycles. The highest BCUT2D eigenvalue weighted by Crippen LogP contribution is 2.23. The molecule has 1 amide bonds. The molecular weight excluding hydrogens is 330 g/mol. The number of aromatic amines is 1. The second-order valence-electron chi connectivity index (χ2n) is 6.45. The van der Waals surface area contributed by atoms with Crippen molar-refractivity contribution in [2.45, 2.75) is 27.3 Å². The molecule has 2 N–H and O–H groups in total. The van der Waals surface area contributed by atoms with Crippen LogP contribution in [-0.4, -0.2) is 51.8 Å². The number of likely N-dealkylation sites (N-methyl/N-ethyl adjacent to an activating group) is 1. The van der Waals surface area contributed by atoms with E-state index in [1.54, 1.807) is 6.20 Å². The highest BCUT2D eigenvalue weighted by Gasteiger charge is 2.12. The topological polar surface area (TPSA) is 83.0 Å². The van der Waals surface area contributed by atoms with Crippen LogP contribution in [0.4, 0.5) is 0 Å². The molecule has 0 bridgehead atoms. The van der Waals surface area contributed by atoms with Crippen molar-refractivity contribution >= 4 is 27.7 Å². The number of hydrogen-bond donors (Lipinski definition) is 2. The van der Waals surface area contributed by atoms with Gasteiger partial charge in [-0.3, -0.25) is 9.59 Å². The van der Waals surface area contributed by atoms with Crippen LogP contribution in [0.15, 0.2) is 29.2 Å². The molecule has 0 spiro atoms. The van der Waals surface area contributed by atoms with Crippen LogP contribution >= 0.6 is 0 Å². The molecule has 0 aliphatic carbocycles. The molecule has 26 heavy (non-hydrogen) atoms. The lowest BCUT2D eigenvalue weighted by atomic mass is 10.1. The van der Waals surface area contributed by atoms with E-state index in [1.807, 2.05) is 25.1 Å². The summed E-state index contributed by atoms with van der Waals surface area (Å²) in [5.74, 6) is -0.210. The Morgan fingerprint density at radius 2 is 2.04 bits per heavy atom. The van der Waals surface area contributed by atoms with Crippen LogP contribution in [-0.2, 0) is 11.3 Å². The summed E-state index contributed by atoms with van der Waals surface area (Å²) < 4.78 is 1.21. The van der Waals surface area contributed by atoms with Gasteiger partial charge >= 0.3 is 0 Å². The molecule has 0 radical (unpaired) electrons. The van der Waals surface area contributed by atoms with E-state index < -0.39 is 0 Å². The van der Waals surface area contributed by atoms with Gasteiger partial charge in [0.1, 0.15) is 12.1 Å². The minimum absolute atomic E-state index is 0.0819. The molecule has 0 unspecified atom stereocenters. The first-order chi connectivity index (χ1) is 12.5. The van der Waals surface area contributed by atoms with Gasteiger partial charge in [0.2, 0.25) is 5.91 Å². The van der Waals surface area contributed by atoms with Crippen LogP contribution in [0, 0.1) is 6.92 Å². The fourth-order valence-corrected chi connectivity index (χ4v) is 3.14. The van der Waals surface area contributed by atoms with Gasteiger partial charge in [-0.25, -0.2) is 4.68 Å². The van der Waals surface area contributed by atoms with E-state index in [-0.39, 0.29) is 18.0 Å². The molecular formula is C19H25N5O2. The quantitative estimate of drug-likeness (QED) is 0.675. The summed E-state index contributed by atoms with van der Waals surface area (Å²) in [4.78, 5) is 30.2. The number of aromatic nitrogens is 3. The Hall–Kier alpha value is -2.67. The molecule has 0 saturated heterocycles. The van der Waals surface area contributed by atoms with Crippen LogP contribution in [0.5, 0.6) is 0 Å². The van der Waals surface area contributed by atoms with Gasteiger partial charge in [0, 0.05) is 29.4 Å². The van der Waals surface area contributed by atoms with Gasteiger partial charge in [-0.1, -0.05) is 25.5 Å². The first-order valence-electron chi connectivity index (χ1n) is 9.00. The van der Waals surface area contributed by atoms with Crippen molar-refractivity contribution in [3.8, 4) is 0 Å². The third-order valence-electron chi connectivity index (χ3n) is 4.71. The van der Waals surface area contributed by atoms with Crippen molar-refractivity contribution in [3.05, 3.63) is 40.3 Å². The summed E-state index contributed by atoms with van der Waals surface area (Å²) in [6, 6.07) is 5.97. The smallest absolute Gasteiger partial charge is 0.291 e. The second-order valence-corrected chi connectivity index (χ2v) is 6.45. The average molecular weight is 355 g/mol. The van der Waals surface area contributed by atoms with E-state index in [4.69, 9.17) is 0 Å². The molecule has 7 nitrogen and oxygen atoms in total. The van der Waals surface area contributed by atoms with Crippen LogP contribution < -0.4 is 10.9 Å². The zero-order chi connectivity index (χ0) is 18.7. The predicted octanol–water partition coefficient (Wildman–Crippen LogP) is 1.64. The fourth-order valence-electron chi connectivity index (χ4n) is 3.14. The van der Waals surface area contributed by atoms with Crippen molar-refractivity contribution in [1.29, 1.82) is 0 Å². The number of benzene rings is 1. The fraction of sp³-hybridized carbons (Fsp3) is 0.421. The van der Waals surface area contributed by atoms with E-state index in [9.17, 15) is 9.59 Å². The number of fused-ring (bicyclic) bond motifs is 3. The minimum Gasteiger partial charge on any atom is -0.353 e. The van der Waals surface area contributed by atoms with Gasteiger partial charge in [-0.05, 0) is 32.1 Å². The van der Waals surface area contributed by atoms with E-state index in [1.165, 1.54) is 4.68 Å². The molecule has 0 aliphatic rings. The molecule has 0 saturated carbocycles. The number of rotatable bonds is 7. The lowest BCUT2D eigenvalue weighted by molar-refractivity contribution is -0.121. The van der Waals surface area contributed by atoms with E-state index >= 15 is 0 Å². The molecule has 0 fully saturated rings. The lowest BCUT2D eigenvalue weighted by Crippen LogP contribution is -2.38. The van der Waals surface area contributed by atoms with Crippen molar-refractivity contribution in [2.75, 3.05) is 26.2 Å². The second kappa shape index (κ2) is 7.70. The average Bonchev–Trinajstić information content (AvgIpc) is 3.00. The number of carbonyl (C=O) groups excluding carboxylic acids is 1. The predicted molar refractivity (Wildman–Crippen MR) is 103 cm³/mol. The third kappa shape index (κ3) is 3.62. The first-order valence-corrected chi connectivity index (χ1v) is 9.00. The van der Waals surface area contributed by atoms with Crippen molar-refractivity contribution in [1.82, 2.24) is 25.0 Å². The molecule has 0 aliphatic heterocycles. The van der Waals surface area contributed by atoms with Crippen LogP contribution in [0.1, 0.15) is 19.4 Å². The summed E-state index contributed by atoms with van der Waals surface area (Å²) in [6.07, 6.45) is 1.65. The normalized spacial score (nSPS) is 11.5. The summed E-state index contributed by atoms with van der Waals surface area (Å²) in [5, 5.41) is 8.79. The maximum atomic E-state index is 12.7. The maximum Gasteiger partial charge on any atom is 0.291 e. The molecule has 2 heterocycles. The summed E-state index contributed by atoms with van der Waals surface area (Å²) >= 11 is 0. The van der Waals surface area contributed by atoms with Crippen molar-refractivity contribution in [3.63, 3.8) is 0 Å². The van der Waals surface area contributed by atoms with E-state index in [0.717, 1.165) is 41.5 Å². The Kier molecular flexibility index (Phi) is 5.37. The number of amides is 1. The minimum atomic E-state index is -0.282. The Morgan fingerprint density at radius 3 is 2.77 bits per heavy atom. The number of H-pyrrole nitrogens is 1. The lowest BCUT2D eigenvalue weighted by Gasteiger charge is -2.17. The zero-order valence-corrected chi connectivity index (χ0v) is 15.5. The van der Waals surface area contributed by atoms with Gasteiger partial charge < -0.3 is 15.2 Å².